The van der Waals surface area contributed by atoms with Gasteiger partial charge >= 0.3 is 0 Å². The molecule has 0 atom stereocenters. The zero-order valence-corrected chi connectivity index (χ0v) is 17.2. The minimum absolute atomic E-state index is 0.0238. The van der Waals surface area contributed by atoms with Crippen LogP contribution in [0.4, 0.5) is 5.69 Å². The molecule has 0 fully saturated rings. The molecule has 3 aromatic rings. The lowest BCUT2D eigenvalue weighted by Crippen LogP contribution is -2.19. The van der Waals surface area contributed by atoms with Crippen LogP contribution in [0.3, 0.4) is 0 Å². The van der Waals surface area contributed by atoms with Crippen molar-refractivity contribution in [3.8, 4) is 0 Å². The highest BCUT2D eigenvalue weighted by atomic mass is 32.1. The van der Waals surface area contributed by atoms with Crippen LogP contribution in [0.1, 0.15) is 16.7 Å². The number of nitro groups is 1. The smallest absolute Gasteiger partial charge is 0.272 e. The van der Waals surface area contributed by atoms with Gasteiger partial charge in [0.1, 0.15) is 0 Å². The molecule has 29 heavy (non-hydrogen) atoms. The predicted octanol–water partition coefficient (Wildman–Crippen LogP) is 4.01. The average molecular weight is 411 g/mol. The van der Waals surface area contributed by atoms with Crippen molar-refractivity contribution in [2.45, 2.75) is 20.4 Å². The van der Waals surface area contributed by atoms with Gasteiger partial charge in [0.05, 0.1) is 21.7 Å². The number of benzene rings is 2. The van der Waals surface area contributed by atoms with Gasteiger partial charge in [-0.3, -0.25) is 14.9 Å². The van der Waals surface area contributed by atoms with E-state index < -0.39 is 10.8 Å². The first-order valence-corrected chi connectivity index (χ1v) is 9.81. The molecule has 1 aromatic heterocycles. The Morgan fingerprint density at radius 2 is 2.10 bits per heavy atom. The Balaban J connectivity index is 1.98. The molecule has 0 unspecified atom stereocenters. The quantitative estimate of drug-likeness (QED) is 0.348. The fourth-order valence-electron chi connectivity index (χ4n) is 3.04. The summed E-state index contributed by atoms with van der Waals surface area (Å²) in [5, 5.41) is 10.9. The molecule has 0 bridgehead atoms. The van der Waals surface area contributed by atoms with Crippen LogP contribution in [0.25, 0.3) is 16.3 Å². The van der Waals surface area contributed by atoms with E-state index in [-0.39, 0.29) is 5.69 Å². The number of rotatable bonds is 6. The van der Waals surface area contributed by atoms with Gasteiger partial charge in [0, 0.05) is 31.9 Å². The standard InChI is InChI=1S/C21H21N3O4S/c1-14-11-15(2)20-18(12-14)23(9-10-28-3)21(29-20)22-19(25)8-7-16-5-4-6-17(13-16)24(26)27/h4-8,11-13H,9-10H2,1-3H3/b8-7+,22-21?. The number of methoxy groups -OCH3 is 1. The molecule has 1 amide bonds. The molecule has 150 valence electrons. The summed E-state index contributed by atoms with van der Waals surface area (Å²) in [6.45, 7) is 5.17. The maximum Gasteiger partial charge on any atom is 0.272 e. The van der Waals surface area contributed by atoms with E-state index in [9.17, 15) is 14.9 Å². The highest BCUT2D eigenvalue weighted by Gasteiger charge is 2.10. The molecular weight excluding hydrogens is 390 g/mol. The zero-order chi connectivity index (χ0) is 21.0. The molecule has 0 spiro atoms. The largest absolute Gasteiger partial charge is 0.383 e. The van der Waals surface area contributed by atoms with Crippen molar-refractivity contribution < 1.29 is 14.5 Å². The second kappa shape index (κ2) is 8.93. The number of amides is 1. The van der Waals surface area contributed by atoms with Gasteiger partial charge in [0.25, 0.3) is 11.6 Å². The minimum Gasteiger partial charge on any atom is -0.383 e. The van der Waals surface area contributed by atoms with Crippen LogP contribution in [0.5, 0.6) is 0 Å². The van der Waals surface area contributed by atoms with E-state index in [2.05, 4.69) is 17.1 Å². The Morgan fingerprint density at radius 3 is 2.83 bits per heavy atom. The van der Waals surface area contributed by atoms with Crippen LogP contribution in [0.15, 0.2) is 47.5 Å². The first kappa shape index (κ1) is 20.6. The van der Waals surface area contributed by atoms with Crippen LogP contribution in [0.2, 0.25) is 0 Å². The maximum absolute atomic E-state index is 12.4. The molecule has 7 nitrogen and oxygen atoms in total. The Labute approximate surface area is 171 Å². The minimum atomic E-state index is -0.468. The van der Waals surface area contributed by atoms with Crippen molar-refractivity contribution in [1.29, 1.82) is 0 Å². The first-order chi connectivity index (χ1) is 13.9. The molecule has 0 N–H and O–H groups in total. The summed E-state index contributed by atoms with van der Waals surface area (Å²) in [6.07, 6.45) is 2.85. The van der Waals surface area contributed by atoms with Crippen LogP contribution in [-0.2, 0) is 16.1 Å². The van der Waals surface area contributed by atoms with Crippen molar-refractivity contribution in [3.63, 3.8) is 0 Å². The van der Waals surface area contributed by atoms with E-state index >= 15 is 0 Å². The average Bonchev–Trinajstić information content (AvgIpc) is 3.02. The predicted molar refractivity (Wildman–Crippen MR) is 114 cm³/mol. The first-order valence-electron chi connectivity index (χ1n) is 9.00. The number of thiazole rings is 1. The Bertz CT molecular complexity index is 1170. The number of aromatic nitrogens is 1. The second-order valence-corrected chi connectivity index (χ2v) is 7.57. The topological polar surface area (TPSA) is 86.7 Å². The number of nitrogens with zero attached hydrogens (tertiary/aromatic N) is 3. The van der Waals surface area contributed by atoms with E-state index in [1.165, 1.54) is 35.6 Å². The zero-order valence-electron chi connectivity index (χ0n) is 16.4. The number of nitro benzene ring substituents is 1. The molecule has 0 saturated heterocycles. The molecule has 8 heteroatoms. The van der Waals surface area contributed by atoms with E-state index in [1.54, 1.807) is 19.2 Å². The third-order valence-electron chi connectivity index (χ3n) is 4.34. The summed E-state index contributed by atoms with van der Waals surface area (Å²) < 4.78 is 8.28. The van der Waals surface area contributed by atoms with Crippen LogP contribution in [-0.4, -0.2) is 29.1 Å². The van der Waals surface area contributed by atoms with Gasteiger partial charge in [-0.2, -0.15) is 4.99 Å². The lowest BCUT2D eigenvalue weighted by molar-refractivity contribution is -0.384. The van der Waals surface area contributed by atoms with E-state index in [1.807, 2.05) is 18.4 Å². The number of fused-ring (bicyclic) bond motifs is 1. The molecule has 0 aliphatic heterocycles. The lowest BCUT2D eigenvalue weighted by atomic mass is 10.1. The highest BCUT2D eigenvalue weighted by Crippen LogP contribution is 2.23. The van der Waals surface area contributed by atoms with E-state index in [0.29, 0.717) is 23.5 Å². The number of hydrogen-bond acceptors (Lipinski definition) is 5. The van der Waals surface area contributed by atoms with Gasteiger partial charge < -0.3 is 9.30 Å². The molecule has 0 aliphatic rings. The number of non-ortho nitro benzene ring substituents is 1. The van der Waals surface area contributed by atoms with Crippen molar-refractivity contribution in [2.24, 2.45) is 4.99 Å². The van der Waals surface area contributed by atoms with E-state index in [0.717, 1.165) is 21.3 Å². The molecular formula is C21H21N3O4S. The number of ether oxygens (including phenoxy) is 1. The van der Waals surface area contributed by atoms with Gasteiger partial charge in [-0.05, 0) is 42.7 Å². The number of hydrogen-bond donors (Lipinski definition) is 0. The molecule has 3 rings (SSSR count). The number of carbonyl (C=O) groups is 1. The number of aryl methyl sites for hydroxylation is 2. The highest BCUT2D eigenvalue weighted by molar-refractivity contribution is 7.16. The fraction of sp³-hybridized carbons (Fsp3) is 0.238. The third kappa shape index (κ3) is 4.85. The monoisotopic (exact) mass is 411 g/mol. The van der Waals surface area contributed by atoms with Crippen molar-refractivity contribution in [1.82, 2.24) is 4.57 Å². The summed E-state index contributed by atoms with van der Waals surface area (Å²) in [5.74, 6) is -0.427. The van der Waals surface area contributed by atoms with Crippen LogP contribution >= 0.6 is 11.3 Å². The van der Waals surface area contributed by atoms with E-state index in [4.69, 9.17) is 4.74 Å². The summed E-state index contributed by atoms with van der Waals surface area (Å²) >= 11 is 1.46. The van der Waals surface area contributed by atoms with Gasteiger partial charge in [-0.15, -0.1) is 0 Å². The van der Waals surface area contributed by atoms with Gasteiger partial charge in [-0.25, -0.2) is 0 Å². The Kier molecular flexibility index (Phi) is 6.36. The second-order valence-electron chi connectivity index (χ2n) is 6.59. The Hall–Kier alpha value is -3.10. The van der Waals surface area contributed by atoms with Crippen LogP contribution in [0, 0.1) is 24.0 Å². The van der Waals surface area contributed by atoms with Gasteiger partial charge in [-0.1, -0.05) is 29.5 Å². The van der Waals surface area contributed by atoms with Crippen molar-refractivity contribution in [2.75, 3.05) is 13.7 Å². The molecule has 0 saturated carbocycles. The maximum atomic E-state index is 12.4. The van der Waals surface area contributed by atoms with Gasteiger partial charge in [0.2, 0.25) is 0 Å². The molecule has 0 aliphatic carbocycles. The number of carbonyl (C=O) groups excluding carboxylic acids is 1. The van der Waals surface area contributed by atoms with Crippen LogP contribution < -0.4 is 4.80 Å². The molecule has 1 heterocycles. The Morgan fingerprint density at radius 1 is 1.31 bits per heavy atom. The normalized spacial score (nSPS) is 12.2. The molecule has 0 radical (unpaired) electrons. The fourth-order valence-corrected chi connectivity index (χ4v) is 4.15. The molecule has 2 aromatic carbocycles. The lowest BCUT2D eigenvalue weighted by Gasteiger charge is -2.05. The summed E-state index contributed by atoms with van der Waals surface area (Å²) in [5.41, 5.74) is 3.85. The summed E-state index contributed by atoms with van der Waals surface area (Å²) in [6, 6.07) is 10.3. The van der Waals surface area contributed by atoms with Gasteiger partial charge in [0.15, 0.2) is 4.80 Å². The summed E-state index contributed by atoms with van der Waals surface area (Å²) in [4.78, 5) is 27.7. The van der Waals surface area contributed by atoms with Crippen molar-refractivity contribution >= 4 is 39.2 Å². The summed E-state index contributed by atoms with van der Waals surface area (Å²) in [7, 11) is 1.63. The SMILES string of the molecule is COCCn1c(=NC(=O)/C=C/c2cccc([N+](=O)[O-])c2)sc2c(C)cc(C)cc21. The van der Waals surface area contributed by atoms with Crippen molar-refractivity contribution in [3.05, 3.63) is 74.1 Å². The third-order valence-corrected chi connectivity index (χ3v) is 5.57.